The predicted octanol–water partition coefficient (Wildman–Crippen LogP) is 1.66. The highest BCUT2D eigenvalue weighted by Gasteiger charge is 2.37. The van der Waals surface area contributed by atoms with Crippen LogP contribution in [0.4, 0.5) is 5.69 Å². The van der Waals surface area contributed by atoms with Crippen LogP contribution in [0, 0.1) is 0 Å². The fourth-order valence-electron chi connectivity index (χ4n) is 2.23. The van der Waals surface area contributed by atoms with Crippen LogP contribution >= 0.6 is 0 Å². The molecule has 1 saturated heterocycles. The van der Waals surface area contributed by atoms with Gasteiger partial charge in [0.05, 0.1) is 13.1 Å². The highest BCUT2D eigenvalue weighted by Crippen LogP contribution is 2.22. The fourth-order valence-corrected chi connectivity index (χ4v) is 2.23. The summed E-state index contributed by atoms with van der Waals surface area (Å²) in [6.45, 7) is 6.14. The Morgan fingerprint density at radius 3 is 1.89 bits per heavy atom. The smallest absolute Gasteiger partial charge is 0.249 e. The van der Waals surface area contributed by atoms with E-state index in [4.69, 9.17) is 0 Å². The fraction of sp³-hybridized carbons (Fsp3) is 0.429. The third-order valence-corrected chi connectivity index (χ3v) is 2.94. The van der Waals surface area contributed by atoms with Gasteiger partial charge in [0.15, 0.2) is 0 Å². The summed E-state index contributed by atoms with van der Waals surface area (Å²) >= 11 is 0. The topological polar surface area (TPSA) is 40.6 Å². The molecule has 2 rings (SSSR count). The summed E-state index contributed by atoms with van der Waals surface area (Å²) < 4.78 is 0. The third kappa shape index (κ3) is 2.37. The minimum absolute atomic E-state index is 0.136. The number of anilines is 1. The second-order valence-corrected chi connectivity index (χ2v) is 5.49. The quantitative estimate of drug-likeness (QED) is 0.708. The van der Waals surface area contributed by atoms with Crippen LogP contribution in [0.1, 0.15) is 20.8 Å². The summed E-state index contributed by atoms with van der Waals surface area (Å²) in [7, 11) is 0. The van der Waals surface area contributed by atoms with Crippen LogP contribution in [0.2, 0.25) is 0 Å². The van der Waals surface area contributed by atoms with Gasteiger partial charge in [0, 0.05) is 11.2 Å². The lowest BCUT2D eigenvalue weighted by atomic mass is 10.0. The Kier molecular flexibility index (Phi) is 3.11. The van der Waals surface area contributed by atoms with Crippen LogP contribution < -0.4 is 4.90 Å². The van der Waals surface area contributed by atoms with Crippen molar-refractivity contribution in [1.82, 2.24) is 4.90 Å². The molecule has 0 atom stereocenters. The number of carbonyl (C=O) groups excluding carboxylic acids is 2. The van der Waals surface area contributed by atoms with Crippen molar-refractivity contribution >= 4 is 17.5 Å². The van der Waals surface area contributed by atoms with E-state index in [1.807, 2.05) is 56.0 Å². The maximum atomic E-state index is 12.1. The van der Waals surface area contributed by atoms with E-state index in [9.17, 15) is 9.59 Å². The first-order valence-corrected chi connectivity index (χ1v) is 6.05. The Morgan fingerprint density at radius 1 is 0.944 bits per heavy atom. The molecular formula is C14H18N2O2. The van der Waals surface area contributed by atoms with Crippen molar-refractivity contribution in [2.45, 2.75) is 26.3 Å². The zero-order valence-corrected chi connectivity index (χ0v) is 11.0. The van der Waals surface area contributed by atoms with E-state index < -0.39 is 5.54 Å². The Labute approximate surface area is 107 Å². The molecule has 4 nitrogen and oxygen atoms in total. The molecule has 0 bridgehead atoms. The van der Waals surface area contributed by atoms with Gasteiger partial charge in [-0.3, -0.25) is 14.5 Å². The van der Waals surface area contributed by atoms with Gasteiger partial charge in [-0.05, 0) is 32.9 Å². The second kappa shape index (κ2) is 4.44. The average Bonchev–Trinajstić information content (AvgIpc) is 2.27. The molecule has 0 aromatic heterocycles. The maximum absolute atomic E-state index is 12.1. The molecule has 1 fully saturated rings. The average molecular weight is 246 g/mol. The van der Waals surface area contributed by atoms with Crippen LogP contribution in [0.15, 0.2) is 30.3 Å². The van der Waals surface area contributed by atoms with Gasteiger partial charge in [0.2, 0.25) is 11.8 Å². The molecule has 0 spiro atoms. The molecule has 96 valence electrons. The van der Waals surface area contributed by atoms with Crippen LogP contribution in [0.5, 0.6) is 0 Å². The largest absolute Gasteiger partial charge is 0.353 e. The van der Waals surface area contributed by atoms with Crippen molar-refractivity contribution in [2.24, 2.45) is 0 Å². The summed E-state index contributed by atoms with van der Waals surface area (Å²) in [6.07, 6.45) is 0. The lowest BCUT2D eigenvalue weighted by Crippen LogP contribution is -2.60. The molecule has 2 amide bonds. The molecule has 1 aliphatic heterocycles. The van der Waals surface area contributed by atoms with E-state index in [-0.39, 0.29) is 24.9 Å². The van der Waals surface area contributed by atoms with E-state index in [0.29, 0.717) is 0 Å². The lowest BCUT2D eigenvalue weighted by molar-refractivity contribution is -0.151. The first kappa shape index (κ1) is 12.6. The molecule has 18 heavy (non-hydrogen) atoms. The van der Waals surface area contributed by atoms with Crippen molar-refractivity contribution < 1.29 is 9.59 Å². The maximum Gasteiger partial charge on any atom is 0.249 e. The van der Waals surface area contributed by atoms with Gasteiger partial charge in [0.1, 0.15) is 0 Å². The molecule has 0 radical (unpaired) electrons. The van der Waals surface area contributed by atoms with Gasteiger partial charge in [-0.15, -0.1) is 0 Å². The number of hydrogen-bond acceptors (Lipinski definition) is 3. The number of para-hydroxylation sites is 1. The SMILES string of the molecule is CC(C)(C)N1C(=O)CN(c2ccccc2)CC1=O. The zero-order valence-electron chi connectivity index (χ0n) is 11.0. The number of carbonyl (C=O) groups is 2. The third-order valence-electron chi connectivity index (χ3n) is 2.94. The minimum atomic E-state index is -0.447. The van der Waals surface area contributed by atoms with E-state index in [1.165, 1.54) is 4.90 Å². The molecular weight excluding hydrogens is 228 g/mol. The molecule has 1 heterocycles. The molecule has 0 unspecified atom stereocenters. The molecule has 1 aromatic rings. The van der Waals surface area contributed by atoms with Crippen LogP contribution in [0.3, 0.4) is 0 Å². The van der Waals surface area contributed by atoms with Crippen molar-refractivity contribution in [3.8, 4) is 0 Å². The minimum Gasteiger partial charge on any atom is -0.353 e. The highest BCUT2D eigenvalue weighted by atomic mass is 16.2. The van der Waals surface area contributed by atoms with Crippen molar-refractivity contribution in [1.29, 1.82) is 0 Å². The number of imide groups is 1. The number of amides is 2. The highest BCUT2D eigenvalue weighted by molar-refractivity contribution is 6.03. The first-order chi connectivity index (χ1) is 8.39. The number of rotatable bonds is 1. The zero-order chi connectivity index (χ0) is 13.3. The number of benzene rings is 1. The van der Waals surface area contributed by atoms with E-state index >= 15 is 0 Å². The van der Waals surface area contributed by atoms with Gasteiger partial charge in [0.25, 0.3) is 0 Å². The number of piperazine rings is 1. The lowest BCUT2D eigenvalue weighted by Gasteiger charge is -2.40. The van der Waals surface area contributed by atoms with Crippen molar-refractivity contribution in [3.63, 3.8) is 0 Å². The van der Waals surface area contributed by atoms with Crippen molar-refractivity contribution in [2.75, 3.05) is 18.0 Å². The van der Waals surface area contributed by atoms with E-state index in [0.717, 1.165) is 5.69 Å². The van der Waals surface area contributed by atoms with Crippen molar-refractivity contribution in [3.05, 3.63) is 30.3 Å². The van der Waals surface area contributed by atoms with Gasteiger partial charge in [-0.25, -0.2) is 0 Å². The Hall–Kier alpha value is -1.84. The first-order valence-electron chi connectivity index (χ1n) is 6.05. The summed E-state index contributed by atoms with van der Waals surface area (Å²) in [5.41, 5.74) is 0.462. The predicted molar refractivity (Wildman–Crippen MR) is 70.3 cm³/mol. The molecule has 0 saturated carbocycles. The van der Waals surface area contributed by atoms with Crippen LogP contribution in [-0.2, 0) is 9.59 Å². The van der Waals surface area contributed by atoms with Gasteiger partial charge in [-0.1, -0.05) is 18.2 Å². The molecule has 1 aromatic carbocycles. The van der Waals surface area contributed by atoms with Gasteiger partial charge < -0.3 is 4.90 Å². The Balaban J connectivity index is 2.20. The molecule has 0 aliphatic carbocycles. The Bertz CT molecular complexity index is 444. The number of nitrogens with zero attached hydrogens (tertiary/aromatic N) is 2. The summed E-state index contributed by atoms with van der Waals surface area (Å²) in [5.74, 6) is -0.273. The number of hydrogen-bond donors (Lipinski definition) is 0. The second-order valence-electron chi connectivity index (χ2n) is 5.49. The standard InChI is InChI=1S/C14H18N2O2/c1-14(2,3)16-12(17)9-15(10-13(16)18)11-7-5-4-6-8-11/h4-8H,9-10H2,1-3H3. The van der Waals surface area contributed by atoms with E-state index in [2.05, 4.69) is 0 Å². The van der Waals surface area contributed by atoms with Crippen LogP contribution in [-0.4, -0.2) is 35.3 Å². The van der Waals surface area contributed by atoms with Crippen LogP contribution in [0.25, 0.3) is 0 Å². The molecule has 1 aliphatic rings. The summed E-state index contributed by atoms with van der Waals surface area (Å²) in [5, 5.41) is 0. The normalized spacial score (nSPS) is 17.3. The summed E-state index contributed by atoms with van der Waals surface area (Å²) in [4.78, 5) is 27.4. The van der Waals surface area contributed by atoms with Gasteiger partial charge >= 0.3 is 0 Å². The molecule has 0 N–H and O–H groups in total. The Morgan fingerprint density at radius 2 is 1.44 bits per heavy atom. The molecule has 4 heteroatoms. The summed E-state index contributed by atoms with van der Waals surface area (Å²) in [6, 6.07) is 9.54. The van der Waals surface area contributed by atoms with E-state index in [1.54, 1.807) is 0 Å². The monoisotopic (exact) mass is 246 g/mol. The van der Waals surface area contributed by atoms with Gasteiger partial charge in [-0.2, -0.15) is 0 Å².